The average molecular weight is 534 g/mol. The lowest BCUT2D eigenvalue weighted by Crippen LogP contribution is -2.27. The van der Waals surface area contributed by atoms with Gasteiger partial charge < -0.3 is 20.7 Å². The number of anilines is 3. The Kier molecular flexibility index (Phi) is 8.50. The van der Waals surface area contributed by atoms with Gasteiger partial charge in [0.15, 0.2) is 0 Å². The topological polar surface area (TPSA) is 105 Å². The monoisotopic (exact) mass is 533 g/mol. The van der Waals surface area contributed by atoms with Crippen LogP contribution in [0.25, 0.3) is 10.9 Å². The molecule has 0 unspecified atom stereocenters. The van der Waals surface area contributed by atoms with Crippen molar-refractivity contribution in [1.29, 1.82) is 0 Å². The fourth-order valence-corrected chi connectivity index (χ4v) is 3.75. The number of ether oxygens (including phenoxy) is 1. The quantitative estimate of drug-likeness (QED) is 0.224. The zero-order chi connectivity index (χ0) is 27.1. The first-order valence-corrected chi connectivity index (χ1v) is 12.1. The summed E-state index contributed by atoms with van der Waals surface area (Å²) in [5.41, 5.74) is 2.97. The van der Waals surface area contributed by atoms with Crippen molar-refractivity contribution in [2.45, 2.75) is 20.0 Å². The number of aromatic nitrogens is 2. The summed E-state index contributed by atoms with van der Waals surface area (Å²) >= 11 is 6.42. The van der Waals surface area contributed by atoms with Crippen LogP contribution in [-0.2, 0) is 16.2 Å². The van der Waals surface area contributed by atoms with Crippen molar-refractivity contribution in [2.24, 2.45) is 0 Å². The maximum absolute atomic E-state index is 13.4. The second kappa shape index (κ2) is 12.2. The van der Waals surface area contributed by atoms with E-state index in [1.54, 1.807) is 55.5 Å². The smallest absolute Gasteiger partial charge is 0.246 e. The number of amides is 2. The van der Waals surface area contributed by atoms with Crippen molar-refractivity contribution in [3.63, 3.8) is 0 Å². The second-order valence-electron chi connectivity index (χ2n) is 8.48. The number of hydrogen-bond acceptors (Lipinski definition) is 6. The van der Waals surface area contributed by atoms with Gasteiger partial charge in [-0.2, -0.15) is 0 Å². The number of halogens is 2. The molecule has 0 saturated carbocycles. The SMILES string of the molecule is C=C(C)C(=O)NCCC(=O)Nc1ccc2ncnc(Nc3ccc(OCc4cccc(F)c4)c(Cl)c3)c2c1. The summed E-state index contributed by atoms with van der Waals surface area (Å²) in [7, 11) is 0. The molecule has 4 rings (SSSR count). The molecule has 4 aromatic rings. The highest BCUT2D eigenvalue weighted by molar-refractivity contribution is 6.32. The van der Waals surface area contributed by atoms with Gasteiger partial charge in [0.1, 0.15) is 30.3 Å². The minimum atomic E-state index is -0.330. The lowest BCUT2D eigenvalue weighted by molar-refractivity contribution is -0.118. The van der Waals surface area contributed by atoms with Gasteiger partial charge in [-0.15, -0.1) is 0 Å². The number of hydrogen-bond donors (Lipinski definition) is 3. The molecule has 1 aromatic heterocycles. The molecular weight excluding hydrogens is 509 g/mol. The predicted octanol–water partition coefficient (Wildman–Crippen LogP) is 5.77. The van der Waals surface area contributed by atoms with Crippen molar-refractivity contribution in [3.05, 3.63) is 95.5 Å². The van der Waals surface area contributed by atoms with Crippen LogP contribution in [0.4, 0.5) is 21.6 Å². The number of nitrogens with one attached hydrogen (secondary N) is 3. The minimum absolute atomic E-state index is 0.111. The maximum atomic E-state index is 13.4. The van der Waals surface area contributed by atoms with Crippen LogP contribution in [0.1, 0.15) is 18.9 Å². The Morgan fingerprint density at radius 3 is 2.63 bits per heavy atom. The van der Waals surface area contributed by atoms with Crippen LogP contribution in [0.2, 0.25) is 5.02 Å². The molecule has 0 aliphatic rings. The summed E-state index contributed by atoms with van der Waals surface area (Å²) in [6.07, 6.45) is 1.55. The lowest BCUT2D eigenvalue weighted by atomic mass is 10.2. The zero-order valence-electron chi connectivity index (χ0n) is 20.6. The molecule has 8 nitrogen and oxygen atoms in total. The summed E-state index contributed by atoms with van der Waals surface area (Å²) in [6, 6.07) is 16.6. The van der Waals surface area contributed by atoms with Crippen molar-refractivity contribution >= 4 is 51.5 Å². The Labute approximate surface area is 223 Å². The van der Waals surface area contributed by atoms with Crippen molar-refractivity contribution in [3.8, 4) is 5.75 Å². The molecule has 0 atom stereocenters. The first kappa shape index (κ1) is 26.6. The molecule has 1 heterocycles. The third-order valence-corrected chi connectivity index (χ3v) is 5.72. The van der Waals surface area contributed by atoms with E-state index in [1.807, 2.05) is 0 Å². The van der Waals surface area contributed by atoms with Gasteiger partial charge in [0.2, 0.25) is 11.8 Å². The van der Waals surface area contributed by atoms with Gasteiger partial charge in [-0.05, 0) is 61.0 Å². The number of rotatable bonds is 10. The van der Waals surface area contributed by atoms with E-state index in [-0.39, 0.29) is 37.2 Å². The van der Waals surface area contributed by atoms with E-state index in [2.05, 4.69) is 32.5 Å². The predicted molar refractivity (Wildman–Crippen MR) is 146 cm³/mol. The Balaban J connectivity index is 1.43. The summed E-state index contributed by atoms with van der Waals surface area (Å²) in [4.78, 5) is 32.5. The highest BCUT2D eigenvalue weighted by Crippen LogP contribution is 2.31. The molecule has 0 aliphatic heterocycles. The molecule has 0 spiro atoms. The van der Waals surface area contributed by atoms with E-state index in [0.29, 0.717) is 50.0 Å². The molecule has 0 bridgehead atoms. The molecule has 0 saturated heterocycles. The highest BCUT2D eigenvalue weighted by Gasteiger charge is 2.10. The van der Waals surface area contributed by atoms with Crippen molar-refractivity contribution in [1.82, 2.24) is 15.3 Å². The van der Waals surface area contributed by atoms with E-state index >= 15 is 0 Å². The normalized spacial score (nSPS) is 10.6. The molecule has 38 heavy (non-hydrogen) atoms. The Morgan fingerprint density at radius 1 is 1.05 bits per heavy atom. The van der Waals surface area contributed by atoms with Gasteiger partial charge in [-0.25, -0.2) is 14.4 Å². The molecule has 0 aliphatic carbocycles. The molecule has 0 fully saturated rings. The first-order chi connectivity index (χ1) is 18.3. The first-order valence-electron chi connectivity index (χ1n) is 11.7. The van der Waals surface area contributed by atoms with Crippen LogP contribution in [-0.4, -0.2) is 28.3 Å². The Hall–Kier alpha value is -4.50. The number of benzene rings is 3. The van der Waals surface area contributed by atoms with Gasteiger partial charge >= 0.3 is 0 Å². The Bertz CT molecular complexity index is 1510. The van der Waals surface area contributed by atoms with E-state index < -0.39 is 0 Å². The minimum Gasteiger partial charge on any atom is -0.487 e. The van der Waals surface area contributed by atoms with Crippen LogP contribution < -0.4 is 20.7 Å². The fourth-order valence-electron chi connectivity index (χ4n) is 3.52. The molecule has 3 aromatic carbocycles. The highest BCUT2D eigenvalue weighted by atomic mass is 35.5. The van der Waals surface area contributed by atoms with Gasteiger partial charge in [0.25, 0.3) is 0 Å². The molecule has 2 amide bonds. The lowest BCUT2D eigenvalue weighted by Gasteiger charge is -2.13. The number of nitrogens with zero attached hydrogens (tertiary/aromatic N) is 2. The van der Waals surface area contributed by atoms with Gasteiger partial charge in [-0.1, -0.05) is 30.3 Å². The van der Waals surface area contributed by atoms with E-state index in [1.165, 1.54) is 18.5 Å². The largest absolute Gasteiger partial charge is 0.487 e. The second-order valence-corrected chi connectivity index (χ2v) is 8.88. The zero-order valence-corrected chi connectivity index (χ0v) is 21.3. The van der Waals surface area contributed by atoms with E-state index in [0.717, 1.165) is 0 Å². The van der Waals surface area contributed by atoms with Gasteiger partial charge in [0, 0.05) is 35.3 Å². The summed E-state index contributed by atoms with van der Waals surface area (Å²) in [6.45, 7) is 5.54. The summed E-state index contributed by atoms with van der Waals surface area (Å²) in [5, 5.41) is 9.73. The third kappa shape index (κ3) is 7.04. The van der Waals surface area contributed by atoms with Crippen LogP contribution in [0, 0.1) is 5.82 Å². The van der Waals surface area contributed by atoms with Gasteiger partial charge in [-0.3, -0.25) is 9.59 Å². The number of carbonyl (C=O) groups is 2. The standard InChI is InChI=1S/C28H25ClFN5O3/c1-17(2)28(37)31-11-10-26(36)34-20-6-8-24-22(13-20)27(33-16-32-24)35-21-7-9-25(23(29)14-21)38-15-18-4-3-5-19(30)12-18/h3-9,12-14,16H,1,10-11,15H2,2H3,(H,31,37)(H,34,36)(H,32,33,35). The van der Waals surface area contributed by atoms with E-state index in [9.17, 15) is 14.0 Å². The molecular formula is C28H25ClFN5O3. The Morgan fingerprint density at radius 2 is 1.87 bits per heavy atom. The number of carbonyl (C=O) groups excluding carboxylic acids is 2. The molecule has 194 valence electrons. The van der Waals surface area contributed by atoms with Crippen LogP contribution >= 0.6 is 11.6 Å². The van der Waals surface area contributed by atoms with Crippen molar-refractivity contribution < 1.29 is 18.7 Å². The summed E-state index contributed by atoms with van der Waals surface area (Å²) in [5.74, 6) is 0.104. The van der Waals surface area contributed by atoms with Crippen LogP contribution in [0.15, 0.2) is 79.1 Å². The van der Waals surface area contributed by atoms with Crippen LogP contribution in [0.3, 0.4) is 0 Å². The summed E-state index contributed by atoms with van der Waals surface area (Å²) < 4.78 is 19.1. The molecule has 3 N–H and O–H groups in total. The third-order valence-electron chi connectivity index (χ3n) is 5.42. The number of fused-ring (bicyclic) bond motifs is 1. The average Bonchev–Trinajstić information content (AvgIpc) is 2.88. The van der Waals surface area contributed by atoms with E-state index in [4.69, 9.17) is 16.3 Å². The maximum Gasteiger partial charge on any atom is 0.246 e. The fraction of sp³-hybridized carbons (Fsp3) is 0.143. The van der Waals surface area contributed by atoms with Gasteiger partial charge in [0.05, 0.1) is 10.5 Å². The molecule has 0 radical (unpaired) electrons. The van der Waals surface area contributed by atoms with Crippen LogP contribution in [0.5, 0.6) is 5.75 Å². The molecule has 10 heteroatoms. The van der Waals surface area contributed by atoms with Crippen molar-refractivity contribution in [2.75, 3.05) is 17.2 Å².